The van der Waals surface area contributed by atoms with E-state index in [1.165, 1.54) is 0 Å². The topological polar surface area (TPSA) is 78.4 Å². The number of halogens is 1. The third-order valence-electron chi connectivity index (χ3n) is 4.78. The van der Waals surface area contributed by atoms with Crippen molar-refractivity contribution in [1.29, 1.82) is 0 Å². The zero-order valence-corrected chi connectivity index (χ0v) is 17.3. The van der Waals surface area contributed by atoms with Gasteiger partial charge in [0.05, 0.1) is 6.54 Å². The van der Waals surface area contributed by atoms with Gasteiger partial charge in [-0.1, -0.05) is 78.3 Å². The van der Waals surface area contributed by atoms with Gasteiger partial charge in [0.1, 0.15) is 5.60 Å². The molecule has 3 aromatic rings. The van der Waals surface area contributed by atoms with Gasteiger partial charge >= 0.3 is 11.8 Å². The average molecular weight is 423 g/mol. The van der Waals surface area contributed by atoms with Gasteiger partial charge in [-0.3, -0.25) is 9.59 Å². The van der Waals surface area contributed by atoms with Crippen LogP contribution in [0.15, 0.2) is 78.9 Å². The van der Waals surface area contributed by atoms with Crippen molar-refractivity contribution in [2.45, 2.75) is 19.1 Å². The summed E-state index contributed by atoms with van der Waals surface area (Å²) < 4.78 is 0. The first-order chi connectivity index (χ1) is 14.3. The van der Waals surface area contributed by atoms with Crippen LogP contribution >= 0.6 is 11.6 Å². The quantitative estimate of drug-likeness (QED) is 0.530. The van der Waals surface area contributed by atoms with Crippen molar-refractivity contribution in [2.24, 2.45) is 0 Å². The van der Waals surface area contributed by atoms with Crippen molar-refractivity contribution in [3.8, 4) is 11.1 Å². The fourth-order valence-electron chi connectivity index (χ4n) is 2.95. The second-order valence-corrected chi connectivity index (χ2v) is 7.65. The van der Waals surface area contributed by atoms with E-state index in [1.54, 1.807) is 31.2 Å². The maximum Gasteiger partial charge on any atom is 0.309 e. The predicted octanol–water partition coefficient (Wildman–Crippen LogP) is 3.65. The molecular weight excluding hydrogens is 400 g/mol. The molecule has 1 atom stereocenters. The van der Waals surface area contributed by atoms with Gasteiger partial charge in [-0.15, -0.1) is 0 Å². The van der Waals surface area contributed by atoms with Crippen LogP contribution in [0.2, 0.25) is 5.02 Å². The van der Waals surface area contributed by atoms with Gasteiger partial charge in [0.15, 0.2) is 0 Å². The molecule has 0 aliphatic rings. The average Bonchev–Trinajstić information content (AvgIpc) is 2.77. The first-order valence-corrected chi connectivity index (χ1v) is 9.92. The molecule has 0 saturated carbocycles. The third-order valence-corrected chi connectivity index (χ3v) is 5.03. The molecule has 154 valence electrons. The van der Waals surface area contributed by atoms with E-state index in [0.29, 0.717) is 10.6 Å². The van der Waals surface area contributed by atoms with Crippen LogP contribution in [-0.4, -0.2) is 23.5 Å². The number of hydrogen-bond donors (Lipinski definition) is 3. The Hall–Kier alpha value is -3.15. The second-order valence-electron chi connectivity index (χ2n) is 7.21. The van der Waals surface area contributed by atoms with Crippen LogP contribution in [0.25, 0.3) is 11.1 Å². The van der Waals surface area contributed by atoms with Crippen molar-refractivity contribution in [1.82, 2.24) is 10.6 Å². The number of carbonyl (C=O) groups excluding carboxylic acids is 2. The second kappa shape index (κ2) is 9.57. The fraction of sp³-hybridized carbons (Fsp3) is 0.167. The van der Waals surface area contributed by atoms with Crippen molar-refractivity contribution < 1.29 is 14.7 Å². The van der Waals surface area contributed by atoms with Crippen molar-refractivity contribution >= 4 is 23.4 Å². The Morgan fingerprint density at radius 1 is 0.833 bits per heavy atom. The summed E-state index contributed by atoms with van der Waals surface area (Å²) in [5.41, 5.74) is 2.26. The molecule has 0 aliphatic carbocycles. The zero-order valence-electron chi connectivity index (χ0n) is 16.6. The molecule has 3 N–H and O–H groups in total. The highest BCUT2D eigenvalue weighted by atomic mass is 35.5. The highest BCUT2D eigenvalue weighted by Crippen LogP contribution is 2.24. The maximum absolute atomic E-state index is 12.1. The monoisotopic (exact) mass is 422 g/mol. The Kier molecular flexibility index (Phi) is 6.87. The molecule has 5 nitrogen and oxygen atoms in total. The molecule has 0 spiro atoms. The lowest BCUT2D eigenvalue weighted by molar-refractivity contribution is -0.139. The van der Waals surface area contributed by atoms with Crippen LogP contribution < -0.4 is 10.6 Å². The van der Waals surface area contributed by atoms with Crippen LogP contribution in [0.5, 0.6) is 0 Å². The number of benzene rings is 3. The van der Waals surface area contributed by atoms with Gasteiger partial charge < -0.3 is 15.7 Å². The van der Waals surface area contributed by atoms with Crippen LogP contribution in [0.1, 0.15) is 18.1 Å². The molecule has 0 heterocycles. The first kappa shape index (κ1) is 21.6. The minimum atomic E-state index is -1.32. The molecule has 2 amide bonds. The Balaban J connectivity index is 1.53. The summed E-state index contributed by atoms with van der Waals surface area (Å²) in [7, 11) is 0. The summed E-state index contributed by atoms with van der Waals surface area (Å²) in [5.74, 6) is -1.56. The van der Waals surface area contributed by atoms with Crippen LogP contribution in [0.4, 0.5) is 0 Å². The standard InChI is InChI=1S/C24H23ClN2O3/c1-24(30,20-11-9-19(10-12-20)18-5-3-2-4-6-18)16-27-23(29)22(28)26-15-17-7-13-21(25)14-8-17/h2-14,30H,15-16H2,1H3,(H,26,28)(H,27,29)/t24-/m1/s1. The normalized spacial score (nSPS) is 12.6. The van der Waals surface area contributed by atoms with E-state index in [2.05, 4.69) is 10.6 Å². The number of rotatable bonds is 6. The van der Waals surface area contributed by atoms with Crippen molar-refractivity contribution in [3.05, 3.63) is 95.0 Å². The summed E-state index contributed by atoms with van der Waals surface area (Å²) >= 11 is 5.82. The Bertz CT molecular complexity index is 1000. The van der Waals surface area contributed by atoms with E-state index in [9.17, 15) is 14.7 Å². The lowest BCUT2D eigenvalue weighted by Crippen LogP contribution is -2.45. The summed E-state index contributed by atoms with van der Waals surface area (Å²) in [5, 5.41) is 16.4. The number of aliphatic hydroxyl groups is 1. The third kappa shape index (κ3) is 5.69. The molecule has 0 radical (unpaired) electrons. The molecule has 30 heavy (non-hydrogen) atoms. The summed E-state index contributed by atoms with van der Waals surface area (Å²) in [6.07, 6.45) is 0. The number of nitrogens with one attached hydrogen (secondary N) is 2. The molecule has 3 rings (SSSR count). The van der Waals surface area contributed by atoms with Gasteiger partial charge in [0.25, 0.3) is 0 Å². The Labute approximate surface area is 180 Å². The lowest BCUT2D eigenvalue weighted by Gasteiger charge is -2.24. The fourth-order valence-corrected chi connectivity index (χ4v) is 3.08. The lowest BCUT2D eigenvalue weighted by atomic mass is 9.93. The first-order valence-electron chi connectivity index (χ1n) is 9.54. The Morgan fingerprint density at radius 3 is 2.03 bits per heavy atom. The molecule has 0 saturated heterocycles. The van der Waals surface area contributed by atoms with Gasteiger partial charge in [-0.25, -0.2) is 0 Å². The number of amides is 2. The molecule has 0 aliphatic heterocycles. The molecule has 0 fully saturated rings. The minimum Gasteiger partial charge on any atom is -0.384 e. The van der Waals surface area contributed by atoms with E-state index in [1.807, 2.05) is 54.6 Å². The largest absolute Gasteiger partial charge is 0.384 e. The van der Waals surface area contributed by atoms with E-state index in [4.69, 9.17) is 11.6 Å². The number of hydrogen-bond acceptors (Lipinski definition) is 3. The van der Waals surface area contributed by atoms with Crippen molar-refractivity contribution in [3.63, 3.8) is 0 Å². The molecule has 3 aromatic carbocycles. The van der Waals surface area contributed by atoms with E-state index < -0.39 is 17.4 Å². The predicted molar refractivity (Wildman–Crippen MR) is 118 cm³/mol. The van der Waals surface area contributed by atoms with Crippen molar-refractivity contribution in [2.75, 3.05) is 6.54 Å². The van der Waals surface area contributed by atoms with Crippen LogP contribution in [-0.2, 0) is 21.7 Å². The highest BCUT2D eigenvalue weighted by molar-refractivity contribution is 6.35. The maximum atomic E-state index is 12.1. The van der Waals surface area contributed by atoms with E-state index in [-0.39, 0.29) is 13.1 Å². The summed E-state index contributed by atoms with van der Waals surface area (Å²) in [6, 6.07) is 24.3. The SMILES string of the molecule is C[C@@](O)(CNC(=O)C(=O)NCc1ccc(Cl)cc1)c1ccc(-c2ccccc2)cc1. The van der Waals surface area contributed by atoms with Gasteiger partial charge in [0.2, 0.25) is 0 Å². The molecule has 0 aromatic heterocycles. The summed E-state index contributed by atoms with van der Waals surface area (Å²) in [6.45, 7) is 1.71. The van der Waals surface area contributed by atoms with Gasteiger partial charge in [-0.05, 0) is 41.3 Å². The van der Waals surface area contributed by atoms with E-state index >= 15 is 0 Å². The number of carbonyl (C=O) groups is 2. The zero-order chi connectivity index (χ0) is 21.6. The highest BCUT2D eigenvalue weighted by Gasteiger charge is 2.25. The molecule has 6 heteroatoms. The van der Waals surface area contributed by atoms with Crippen LogP contribution in [0, 0.1) is 0 Å². The van der Waals surface area contributed by atoms with E-state index in [0.717, 1.165) is 16.7 Å². The molecule has 0 bridgehead atoms. The van der Waals surface area contributed by atoms with Gasteiger partial charge in [-0.2, -0.15) is 0 Å². The smallest absolute Gasteiger partial charge is 0.309 e. The van der Waals surface area contributed by atoms with Gasteiger partial charge in [0, 0.05) is 11.6 Å². The molecular formula is C24H23ClN2O3. The van der Waals surface area contributed by atoms with Crippen LogP contribution in [0.3, 0.4) is 0 Å². The summed E-state index contributed by atoms with van der Waals surface area (Å²) in [4.78, 5) is 24.1. The molecule has 0 unspecified atom stereocenters. The minimum absolute atomic E-state index is 0.0924. The Morgan fingerprint density at radius 2 is 1.40 bits per heavy atom.